The lowest BCUT2D eigenvalue weighted by atomic mass is 9.86. The molecular formula is C20H23NO5S. The van der Waals surface area contributed by atoms with E-state index in [9.17, 15) is 14.4 Å². The van der Waals surface area contributed by atoms with Crippen molar-refractivity contribution in [3.05, 3.63) is 16.0 Å². The first-order valence-corrected chi connectivity index (χ1v) is 10.8. The second-order valence-corrected chi connectivity index (χ2v) is 8.95. The van der Waals surface area contributed by atoms with Gasteiger partial charge in [0.15, 0.2) is 0 Å². The standard InChI is InChI=1S/C20H23NO5S/c1-2-25-20(24)16-11-5-3-4-6-14(11)27-19(16)21-17(22)12-9-10-7-8-13(26-10)15(12)18(21)23/h10,12-13,15H,2-9H2,1H3. The quantitative estimate of drug-likeness (QED) is 0.587. The number of esters is 1. The molecule has 4 aliphatic rings. The van der Waals surface area contributed by atoms with Crippen LogP contribution >= 0.6 is 11.3 Å². The molecule has 3 saturated heterocycles. The van der Waals surface area contributed by atoms with Gasteiger partial charge in [0.1, 0.15) is 5.00 Å². The first-order valence-electron chi connectivity index (χ1n) is 9.95. The van der Waals surface area contributed by atoms with Gasteiger partial charge in [0.05, 0.1) is 36.2 Å². The largest absolute Gasteiger partial charge is 0.462 e. The van der Waals surface area contributed by atoms with E-state index >= 15 is 0 Å². The van der Waals surface area contributed by atoms with E-state index in [0.29, 0.717) is 17.0 Å². The third-order valence-corrected chi connectivity index (χ3v) is 7.65. The number of amides is 2. The molecule has 2 bridgehead atoms. The van der Waals surface area contributed by atoms with E-state index in [0.717, 1.165) is 49.0 Å². The molecule has 4 heterocycles. The summed E-state index contributed by atoms with van der Waals surface area (Å²) in [5.74, 6) is -1.47. The van der Waals surface area contributed by atoms with E-state index in [2.05, 4.69) is 0 Å². The van der Waals surface area contributed by atoms with E-state index < -0.39 is 11.9 Å². The molecule has 144 valence electrons. The van der Waals surface area contributed by atoms with Gasteiger partial charge in [0, 0.05) is 4.88 Å². The molecule has 1 aliphatic carbocycles. The minimum Gasteiger partial charge on any atom is -0.462 e. The maximum atomic E-state index is 13.3. The number of carbonyl (C=O) groups excluding carboxylic acids is 3. The summed E-state index contributed by atoms with van der Waals surface area (Å²) in [4.78, 5) is 41.6. The summed E-state index contributed by atoms with van der Waals surface area (Å²) >= 11 is 1.43. The molecule has 5 rings (SSSR count). The number of carbonyl (C=O) groups is 3. The Morgan fingerprint density at radius 2 is 2.04 bits per heavy atom. The van der Waals surface area contributed by atoms with Crippen molar-refractivity contribution in [1.82, 2.24) is 0 Å². The van der Waals surface area contributed by atoms with Crippen molar-refractivity contribution in [2.75, 3.05) is 11.5 Å². The van der Waals surface area contributed by atoms with Crippen LogP contribution in [-0.2, 0) is 31.9 Å². The molecule has 0 aromatic carbocycles. The van der Waals surface area contributed by atoms with Gasteiger partial charge in [-0.25, -0.2) is 9.69 Å². The van der Waals surface area contributed by atoms with Crippen molar-refractivity contribution < 1.29 is 23.9 Å². The Kier molecular flexibility index (Phi) is 4.13. The predicted octanol–water partition coefficient (Wildman–Crippen LogP) is 2.86. The van der Waals surface area contributed by atoms with E-state index in [1.807, 2.05) is 0 Å². The zero-order valence-corrected chi connectivity index (χ0v) is 16.2. The summed E-state index contributed by atoms with van der Waals surface area (Å²) in [6, 6.07) is 0. The highest BCUT2D eigenvalue weighted by atomic mass is 32.1. The molecule has 0 spiro atoms. The highest BCUT2D eigenvalue weighted by Gasteiger charge is 2.58. The van der Waals surface area contributed by atoms with Gasteiger partial charge in [0.2, 0.25) is 11.8 Å². The number of hydrogen-bond acceptors (Lipinski definition) is 6. The van der Waals surface area contributed by atoms with Gasteiger partial charge >= 0.3 is 5.97 Å². The predicted molar refractivity (Wildman–Crippen MR) is 98.9 cm³/mol. The number of fused-ring (bicyclic) bond motifs is 5. The number of anilines is 1. The minimum absolute atomic E-state index is 0.0917. The van der Waals surface area contributed by atoms with Gasteiger partial charge < -0.3 is 9.47 Å². The third kappa shape index (κ3) is 2.51. The lowest BCUT2D eigenvalue weighted by Gasteiger charge is -2.28. The highest BCUT2D eigenvalue weighted by molar-refractivity contribution is 7.17. The first kappa shape index (κ1) is 17.4. The van der Waals surface area contributed by atoms with Crippen molar-refractivity contribution in [2.24, 2.45) is 11.8 Å². The number of nitrogens with zero attached hydrogens (tertiary/aromatic N) is 1. The first-order chi connectivity index (χ1) is 13.1. The number of thiophene rings is 1. The molecule has 3 fully saturated rings. The van der Waals surface area contributed by atoms with Gasteiger partial charge in [-0.3, -0.25) is 9.59 Å². The Morgan fingerprint density at radius 1 is 1.22 bits per heavy atom. The Balaban J connectivity index is 1.58. The Bertz CT molecular complexity index is 831. The maximum Gasteiger partial charge on any atom is 0.341 e. The van der Waals surface area contributed by atoms with Crippen LogP contribution in [0.1, 0.15) is 59.8 Å². The molecule has 1 aromatic rings. The molecule has 0 N–H and O–H groups in total. The van der Waals surface area contributed by atoms with Gasteiger partial charge in [-0.05, 0) is 57.4 Å². The molecule has 4 unspecified atom stereocenters. The van der Waals surface area contributed by atoms with Gasteiger partial charge in [0.25, 0.3) is 0 Å². The fraction of sp³-hybridized carbons (Fsp3) is 0.650. The second kappa shape index (κ2) is 6.41. The van der Waals surface area contributed by atoms with E-state index in [1.165, 1.54) is 16.2 Å². The van der Waals surface area contributed by atoms with Crippen LogP contribution in [0.5, 0.6) is 0 Å². The fourth-order valence-corrected chi connectivity index (χ4v) is 6.58. The van der Waals surface area contributed by atoms with Gasteiger partial charge in [-0.15, -0.1) is 11.3 Å². The summed E-state index contributed by atoms with van der Waals surface area (Å²) < 4.78 is 11.2. The Morgan fingerprint density at radius 3 is 2.85 bits per heavy atom. The molecule has 27 heavy (non-hydrogen) atoms. The van der Waals surface area contributed by atoms with E-state index in [1.54, 1.807) is 6.92 Å². The molecular weight excluding hydrogens is 366 g/mol. The fourth-order valence-electron chi connectivity index (χ4n) is 5.19. The third-order valence-electron chi connectivity index (χ3n) is 6.37. The van der Waals surface area contributed by atoms with E-state index in [4.69, 9.17) is 9.47 Å². The van der Waals surface area contributed by atoms with Gasteiger partial charge in [-0.1, -0.05) is 0 Å². The smallest absolute Gasteiger partial charge is 0.341 e. The van der Waals surface area contributed by atoms with Crippen LogP contribution in [-0.4, -0.2) is 36.6 Å². The van der Waals surface area contributed by atoms with Crippen molar-refractivity contribution in [2.45, 2.75) is 64.1 Å². The molecule has 3 aliphatic heterocycles. The zero-order valence-electron chi connectivity index (χ0n) is 15.4. The summed E-state index contributed by atoms with van der Waals surface area (Å²) in [6.07, 6.45) is 6.09. The molecule has 7 heteroatoms. The van der Waals surface area contributed by atoms with Crippen LogP contribution < -0.4 is 4.90 Å². The van der Waals surface area contributed by atoms with E-state index in [-0.39, 0.29) is 36.5 Å². The average Bonchev–Trinajstić information content (AvgIpc) is 3.29. The number of rotatable bonds is 3. The summed E-state index contributed by atoms with van der Waals surface area (Å²) in [6.45, 7) is 2.04. The normalized spacial score (nSPS) is 31.8. The topological polar surface area (TPSA) is 72.9 Å². The molecule has 1 aromatic heterocycles. The molecule has 4 atom stereocenters. The van der Waals surface area contributed by atoms with Crippen molar-refractivity contribution in [1.29, 1.82) is 0 Å². The number of imide groups is 1. The Labute approximate surface area is 161 Å². The Hall–Kier alpha value is -1.73. The highest BCUT2D eigenvalue weighted by Crippen LogP contribution is 2.49. The molecule has 0 saturated carbocycles. The summed E-state index contributed by atoms with van der Waals surface area (Å²) in [7, 11) is 0. The van der Waals surface area contributed by atoms with Crippen LogP contribution in [0.15, 0.2) is 0 Å². The lowest BCUT2D eigenvalue weighted by Crippen LogP contribution is -2.37. The van der Waals surface area contributed by atoms with Gasteiger partial charge in [-0.2, -0.15) is 0 Å². The van der Waals surface area contributed by atoms with Crippen LogP contribution in [0, 0.1) is 11.8 Å². The summed E-state index contributed by atoms with van der Waals surface area (Å²) in [5.41, 5.74) is 1.43. The van der Waals surface area contributed by atoms with Crippen molar-refractivity contribution in [3.8, 4) is 0 Å². The number of aryl methyl sites for hydroxylation is 1. The van der Waals surface area contributed by atoms with Crippen LogP contribution in [0.4, 0.5) is 5.00 Å². The molecule has 6 nitrogen and oxygen atoms in total. The molecule has 2 amide bonds. The minimum atomic E-state index is -0.417. The average molecular weight is 389 g/mol. The van der Waals surface area contributed by atoms with Crippen LogP contribution in [0.25, 0.3) is 0 Å². The number of hydrogen-bond donors (Lipinski definition) is 0. The van der Waals surface area contributed by atoms with Crippen molar-refractivity contribution >= 4 is 34.1 Å². The zero-order chi connectivity index (χ0) is 18.7. The van der Waals surface area contributed by atoms with Crippen molar-refractivity contribution in [3.63, 3.8) is 0 Å². The SMILES string of the molecule is CCOC(=O)c1c(N2C(=O)C3CC4CCC(O4)C3C2=O)sc2c1CCCC2. The van der Waals surface area contributed by atoms with Crippen LogP contribution in [0.3, 0.4) is 0 Å². The second-order valence-electron chi connectivity index (χ2n) is 7.87. The lowest BCUT2D eigenvalue weighted by molar-refractivity contribution is -0.133. The summed E-state index contributed by atoms with van der Waals surface area (Å²) in [5, 5.41) is 0.487. The maximum absolute atomic E-state index is 13.3. The van der Waals surface area contributed by atoms with Crippen LogP contribution in [0.2, 0.25) is 0 Å². The monoisotopic (exact) mass is 389 g/mol. The number of ether oxygens (including phenoxy) is 2. The molecule has 0 radical (unpaired) electrons.